The molecular formula is C14H14ClN3O. The van der Waals surface area contributed by atoms with Gasteiger partial charge in [0, 0.05) is 17.6 Å². The summed E-state index contributed by atoms with van der Waals surface area (Å²) >= 11 is 5.75. The van der Waals surface area contributed by atoms with E-state index in [-0.39, 0.29) is 6.03 Å². The molecule has 0 unspecified atom stereocenters. The van der Waals surface area contributed by atoms with Crippen LogP contribution in [0.15, 0.2) is 42.6 Å². The Hall–Kier alpha value is -2.07. The molecule has 0 fully saturated rings. The largest absolute Gasteiger partial charge is 0.323 e. The van der Waals surface area contributed by atoms with Crippen LogP contribution in [0.1, 0.15) is 12.5 Å². The molecule has 1 heterocycles. The highest BCUT2D eigenvalue weighted by Gasteiger charge is 2.03. The number of urea groups is 1. The van der Waals surface area contributed by atoms with Crippen molar-refractivity contribution < 1.29 is 4.79 Å². The summed E-state index contributed by atoms with van der Waals surface area (Å²) in [4.78, 5) is 15.7. The van der Waals surface area contributed by atoms with Crippen molar-refractivity contribution in [3.05, 3.63) is 53.3 Å². The molecule has 0 aliphatic rings. The van der Waals surface area contributed by atoms with Gasteiger partial charge in [0.2, 0.25) is 0 Å². The summed E-state index contributed by atoms with van der Waals surface area (Å²) in [6.07, 6.45) is 2.47. The molecule has 0 saturated carbocycles. The van der Waals surface area contributed by atoms with Crippen molar-refractivity contribution in [2.75, 3.05) is 10.6 Å². The van der Waals surface area contributed by atoms with E-state index < -0.39 is 0 Å². The first kappa shape index (κ1) is 13.4. The van der Waals surface area contributed by atoms with Crippen molar-refractivity contribution in [3.8, 4) is 0 Å². The smallest absolute Gasteiger partial charge is 0.308 e. The predicted molar refractivity (Wildman–Crippen MR) is 77.7 cm³/mol. The molecule has 0 aliphatic carbocycles. The standard InChI is InChI=1S/C14H14ClN3O/c1-2-10-4-3-5-11(8-10)17-14(19)18-12-6-7-16-13(15)9-12/h3-9H,2H2,1H3,(H2,16,17,18,19). The first-order chi connectivity index (χ1) is 9.17. The maximum Gasteiger partial charge on any atom is 0.323 e. The van der Waals surface area contributed by atoms with E-state index in [1.54, 1.807) is 12.1 Å². The number of halogens is 1. The number of pyridine rings is 1. The van der Waals surface area contributed by atoms with Gasteiger partial charge in [-0.15, -0.1) is 0 Å². The van der Waals surface area contributed by atoms with Crippen molar-refractivity contribution >= 4 is 29.0 Å². The summed E-state index contributed by atoms with van der Waals surface area (Å²) in [5, 5.41) is 5.80. The predicted octanol–water partition coefficient (Wildman–Crippen LogP) is 3.94. The van der Waals surface area contributed by atoms with E-state index in [0.717, 1.165) is 12.1 Å². The SMILES string of the molecule is CCc1cccc(NC(=O)Nc2ccnc(Cl)c2)c1. The topological polar surface area (TPSA) is 54.0 Å². The second-order valence-corrected chi connectivity index (χ2v) is 4.39. The Kier molecular flexibility index (Phi) is 4.36. The fraction of sp³-hybridized carbons (Fsp3) is 0.143. The zero-order chi connectivity index (χ0) is 13.7. The Morgan fingerprint density at radius 1 is 1.21 bits per heavy atom. The van der Waals surface area contributed by atoms with Gasteiger partial charge in [0.05, 0.1) is 0 Å². The molecule has 1 aromatic heterocycles. The Balaban J connectivity index is 2.01. The van der Waals surface area contributed by atoms with E-state index in [0.29, 0.717) is 10.8 Å². The molecule has 2 aromatic rings. The quantitative estimate of drug-likeness (QED) is 0.834. The van der Waals surface area contributed by atoms with E-state index in [1.165, 1.54) is 11.8 Å². The second kappa shape index (κ2) is 6.20. The Morgan fingerprint density at radius 3 is 2.63 bits per heavy atom. The number of aryl methyl sites for hydroxylation is 1. The Morgan fingerprint density at radius 2 is 1.95 bits per heavy atom. The molecule has 98 valence electrons. The Labute approximate surface area is 116 Å². The first-order valence-corrected chi connectivity index (χ1v) is 6.33. The lowest BCUT2D eigenvalue weighted by molar-refractivity contribution is 0.262. The minimum absolute atomic E-state index is 0.310. The molecule has 0 spiro atoms. The van der Waals surface area contributed by atoms with Crippen molar-refractivity contribution in [1.82, 2.24) is 4.98 Å². The Bertz CT molecular complexity index is 586. The lowest BCUT2D eigenvalue weighted by Gasteiger charge is -2.08. The molecule has 19 heavy (non-hydrogen) atoms. The molecule has 2 N–H and O–H groups in total. The molecule has 4 nitrogen and oxygen atoms in total. The van der Waals surface area contributed by atoms with Crippen LogP contribution in [0.25, 0.3) is 0 Å². The molecule has 2 amide bonds. The van der Waals surface area contributed by atoms with Gasteiger partial charge in [-0.3, -0.25) is 0 Å². The van der Waals surface area contributed by atoms with Gasteiger partial charge < -0.3 is 10.6 Å². The number of hydrogen-bond acceptors (Lipinski definition) is 2. The number of carbonyl (C=O) groups is 1. The second-order valence-electron chi connectivity index (χ2n) is 4.00. The van der Waals surface area contributed by atoms with Gasteiger partial charge in [0.15, 0.2) is 0 Å². The van der Waals surface area contributed by atoms with Crippen LogP contribution in [-0.2, 0) is 6.42 Å². The van der Waals surface area contributed by atoms with Gasteiger partial charge >= 0.3 is 6.03 Å². The molecule has 0 atom stereocenters. The third kappa shape index (κ3) is 3.96. The van der Waals surface area contributed by atoms with Gasteiger partial charge in [-0.25, -0.2) is 9.78 Å². The van der Waals surface area contributed by atoms with Crippen LogP contribution in [-0.4, -0.2) is 11.0 Å². The fourth-order valence-electron chi connectivity index (χ4n) is 1.64. The average molecular weight is 276 g/mol. The van der Waals surface area contributed by atoms with E-state index in [1.807, 2.05) is 24.3 Å². The number of nitrogens with one attached hydrogen (secondary N) is 2. The normalized spacial score (nSPS) is 10.0. The van der Waals surface area contributed by atoms with Crippen molar-refractivity contribution in [1.29, 1.82) is 0 Å². The zero-order valence-corrected chi connectivity index (χ0v) is 11.2. The van der Waals surface area contributed by atoms with Crippen LogP contribution in [0.4, 0.5) is 16.2 Å². The number of nitrogens with zero attached hydrogens (tertiary/aromatic N) is 1. The van der Waals surface area contributed by atoms with Gasteiger partial charge in [0.1, 0.15) is 5.15 Å². The highest BCUT2D eigenvalue weighted by molar-refractivity contribution is 6.29. The summed E-state index contributed by atoms with van der Waals surface area (Å²) in [5.41, 5.74) is 2.53. The van der Waals surface area contributed by atoms with Gasteiger partial charge in [0.25, 0.3) is 0 Å². The number of anilines is 2. The van der Waals surface area contributed by atoms with Crippen molar-refractivity contribution in [2.24, 2.45) is 0 Å². The van der Waals surface area contributed by atoms with Crippen LogP contribution in [0, 0.1) is 0 Å². The molecule has 0 saturated heterocycles. The maximum atomic E-state index is 11.8. The summed E-state index contributed by atoms with van der Waals surface area (Å²) in [6, 6.07) is 10.7. The summed E-state index contributed by atoms with van der Waals surface area (Å²) in [7, 11) is 0. The third-order valence-corrected chi connectivity index (χ3v) is 2.78. The molecule has 1 aromatic carbocycles. The summed E-state index contributed by atoms with van der Waals surface area (Å²) in [6.45, 7) is 2.07. The van der Waals surface area contributed by atoms with Crippen molar-refractivity contribution in [2.45, 2.75) is 13.3 Å². The number of carbonyl (C=O) groups excluding carboxylic acids is 1. The van der Waals surface area contributed by atoms with E-state index in [2.05, 4.69) is 22.5 Å². The first-order valence-electron chi connectivity index (χ1n) is 5.96. The van der Waals surface area contributed by atoms with Crippen molar-refractivity contribution in [3.63, 3.8) is 0 Å². The number of amides is 2. The van der Waals surface area contributed by atoms with Crippen LogP contribution in [0.5, 0.6) is 0 Å². The van der Waals surface area contributed by atoms with E-state index in [9.17, 15) is 4.79 Å². The summed E-state index contributed by atoms with van der Waals surface area (Å²) < 4.78 is 0. The molecule has 0 radical (unpaired) electrons. The fourth-order valence-corrected chi connectivity index (χ4v) is 1.82. The van der Waals surface area contributed by atoms with Gasteiger partial charge in [-0.05, 0) is 36.2 Å². The minimum atomic E-state index is -0.310. The maximum absolute atomic E-state index is 11.8. The van der Waals surface area contributed by atoms with E-state index >= 15 is 0 Å². The monoisotopic (exact) mass is 275 g/mol. The lowest BCUT2D eigenvalue weighted by Crippen LogP contribution is -2.19. The van der Waals surface area contributed by atoms with Crippen LogP contribution < -0.4 is 10.6 Å². The molecular weight excluding hydrogens is 262 g/mol. The number of benzene rings is 1. The van der Waals surface area contributed by atoms with Gasteiger partial charge in [-0.2, -0.15) is 0 Å². The molecule has 5 heteroatoms. The average Bonchev–Trinajstić information content (AvgIpc) is 2.38. The zero-order valence-electron chi connectivity index (χ0n) is 10.5. The highest BCUT2D eigenvalue weighted by Crippen LogP contribution is 2.14. The highest BCUT2D eigenvalue weighted by atomic mass is 35.5. The number of rotatable bonds is 3. The molecule has 0 bridgehead atoms. The number of hydrogen-bond donors (Lipinski definition) is 2. The molecule has 2 rings (SSSR count). The third-order valence-electron chi connectivity index (χ3n) is 2.58. The number of aromatic nitrogens is 1. The van der Waals surface area contributed by atoms with Crippen LogP contribution in [0.2, 0.25) is 5.15 Å². The van der Waals surface area contributed by atoms with Crippen LogP contribution in [0.3, 0.4) is 0 Å². The van der Waals surface area contributed by atoms with Crippen LogP contribution >= 0.6 is 11.6 Å². The molecule has 0 aliphatic heterocycles. The van der Waals surface area contributed by atoms with Gasteiger partial charge in [-0.1, -0.05) is 30.7 Å². The summed E-state index contributed by atoms with van der Waals surface area (Å²) in [5.74, 6) is 0. The lowest BCUT2D eigenvalue weighted by atomic mass is 10.1. The van der Waals surface area contributed by atoms with E-state index in [4.69, 9.17) is 11.6 Å². The minimum Gasteiger partial charge on any atom is -0.308 e.